The predicted molar refractivity (Wildman–Crippen MR) is 123 cm³/mol. The number of hydrogen-bond acceptors (Lipinski definition) is 5. The predicted octanol–water partition coefficient (Wildman–Crippen LogP) is 4.95. The third-order valence-electron chi connectivity index (χ3n) is 5.16. The summed E-state index contributed by atoms with van der Waals surface area (Å²) < 4.78 is 1.84. The maximum Gasteiger partial charge on any atom is 0.234 e. The van der Waals surface area contributed by atoms with Gasteiger partial charge in [0.2, 0.25) is 5.91 Å². The molecule has 1 aliphatic heterocycles. The van der Waals surface area contributed by atoms with Gasteiger partial charge in [-0.3, -0.25) is 9.36 Å². The van der Waals surface area contributed by atoms with Crippen LogP contribution < -0.4 is 10.2 Å². The molecule has 156 valence electrons. The summed E-state index contributed by atoms with van der Waals surface area (Å²) in [5, 5.41) is 12.6. The van der Waals surface area contributed by atoms with Gasteiger partial charge in [0, 0.05) is 18.1 Å². The summed E-state index contributed by atoms with van der Waals surface area (Å²) in [5.41, 5.74) is 3.83. The number of hydrogen-bond donors (Lipinski definition) is 1. The zero-order valence-electron chi connectivity index (χ0n) is 16.8. The molecule has 8 heteroatoms. The number of piperidine rings is 1. The molecule has 0 bridgehead atoms. The van der Waals surface area contributed by atoms with Crippen molar-refractivity contribution in [3.05, 3.63) is 59.4 Å². The van der Waals surface area contributed by atoms with E-state index in [1.54, 1.807) is 6.33 Å². The van der Waals surface area contributed by atoms with Crippen LogP contribution in [0.15, 0.2) is 53.9 Å². The fraction of sp³-hybridized carbons (Fsp3) is 0.318. The molecule has 0 atom stereocenters. The number of aryl methyl sites for hydroxylation is 1. The molecule has 3 aromatic rings. The SMILES string of the molecule is Cc1ccc(-n2cnnc2SCC(=O)Nc2ccccc2N2CCCCC2)cc1Cl. The Labute approximate surface area is 185 Å². The maximum absolute atomic E-state index is 12.7. The molecule has 0 saturated carbocycles. The normalized spacial score (nSPS) is 14.0. The smallest absolute Gasteiger partial charge is 0.234 e. The number of carbonyl (C=O) groups is 1. The minimum atomic E-state index is -0.0686. The van der Waals surface area contributed by atoms with Gasteiger partial charge in [-0.15, -0.1) is 10.2 Å². The number of nitrogens with one attached hydrogen (secondary N) is 1. The van der Waals surface area contributed by atoms with E-state index in [1.807, 2.05) is 47.9 Å². The van der Waals surface area contributed by atoms with Gasteiger partial charge in [-0.25, -0.2) is 0 Å². The average Bonchev–Trinajstić information content (AvgIpc) is 3.24. The van der Waals surface area contributed by atoms with Crippen molar-refractivity contribution >= 4 is 40.6 Å². The summed E-state index contributed by atoms with van der Waals surface area (Å²) in [7, 11) is 0. The number of benzene rings is 2. The largest absolute Gasteiger partial charge is 0.370 e. The molecular formula is C22H24ClN5OS. The molecule has 2 aromatic carbocycles. The van der Waals surface area contributed by atoms with Crippen molar-refractivity contribution in [2.75, 3.05) is 29.1 Å². The second-order valence-corrected chi connectivity index (χ2v) is 8.67. The van der Waals surface area contributed by atoms with Crippen LogP contribution in [0.2, 0.25) is 5.02 Å². The number of nitrogens with zero attached hydrogens (tertiary/aromatic N) is 4. The van der Waals surface area contributed by atoms with Crippen molar-refractivity contribution in [2.45, 2.75) is 31.3 Å². The van der Waals surface area contributed by atoms with E-state index in [-0.39, 0.29) is 11.7 Å². The van der Waals surface area contributed by atoms with E-state index in [4.69, 9.17) is 11.6 Å². The minimum absolute atomic E-state index is 0.0686. The van der Waals surface area contributed by atoms with Crippen LogP contribution in [0.1, 0.15) is 24.8 Å². The molecule has 30 heavy (non-hydrogen) atoms. The van der Waals surface area contributed by atoms with Crippen LogP contribution in [0, 0.1) is 6.92 Å². The molecule has 1 saturated heterocycles. The Morgan fingerprint density at radius 1 is 1.17 bits per heavy atom. The summed E-state index contributed by atoms with van der Waals surface area (Å²) >= 11 is 7.60. The van der Waals surface area contributed by atoms with Gasteiger partial charge in [-0.05, 0) is 56.0 Å². The van der Waals surface area contributed by atoms with Crippen molar-refractivity contribution in [2.24, 2.45) is 0 Å². The lowest BCUT2D eigenvalue weighted by Gasteiger charge is -2.30. The zero-order chi connectivity index (χ0) is 20.9. The van der Waals surface area contributed by atoms with Crippen molar-refractivity contribution in [1.29, 1.82) is 0 Å². The first-order valence-electron chi connectivity index (χ1n) is 10.0. The van der Waals surface area contributed by atoms with Crippen LogP contribution in [0.25, 0.3) is 5.69 Å². The van der Waals surface area contributed by atoms with Crippen LogP contribution in [0.5, 0.6) is 0 Å². The number of para-hydroxylation sites is 2. The average molecular weight is 442 g/mol. The lowest BCUT2D eigenvalue weighted by Crippen LogP contribution is -2.30. The Hall–Kier alpha value is -2.51. The first kappa shape index (κ1) is 20.8. The van der Waals surface area contributed by atoms with Crippen LogP contribution in [-0.2, 0) is 4.79 Å². The third kappa shape index (κ3) is 4.79. The van der Waals surface area contributed by atoms with E-state index in [9.17, 15) is 4.79 Å². The Balaban J connectivity index is 1.42. The number of carbonyl (C=O) groups excluding carboxylic acids is 1. The molecule has 6 nitrogen and oxygen atoms in total. The van der Waals surface area contributed by atoms with Crippen molar-refractivity contribution in [3.63, 3.8) is 0 Å². The third-order valence-corrected chi connectivity index (χ3v) is 6.51. The van der Waals surface area contributed by atoms with Gasteiger partial charge in [0.15, 0.2) is 5.16 Å². The highest BCUT2D eigenvalue weighted by Crippen LogP contribution is 2.29. The molecule has 0 spiro atoms. The second-order valence-electron chi connectivity index (χ2n) is 7.32. The van der Waals surface area contributed by atoms with Crippen molar-refractivity contribution in [3.8, 4) is 5.69 Å². The van der Waals surface area contributed by atoms with Crippen LogP contribution in [-0.4, -0.2) is 39.5 Å². The molecule has 1 fully saturated rings. The number of thioether (sulfide) groups is 1. The molecule has 1 N–H and O–H groups in total. The lowest BCUT2D eigenvalue weighted by molar-refractivity contribution is -0.113. The number of rotatable bonds is 6. The highest BCUT2D eigenvalue weighted by atomic mass is 35.5. The Bertz CT molecular complexity index is 1030. The van der Waals surface area contributed by atoms with E-state index in [1.165, 1.54) is 31.0 Å². The summed E-state index contributed by atoms with van der Waals surface area (Å²) in [6.45, 7) is 4.02. The van der Waals surface area contributed by atoms with E-state index in [0.717, 1.165) is 35.7 Å². The molecule has 2 heterocycles. The van der Waals surface area contributed by atoms with Crippen molar-refractivity contribution < 1.29 is 4.79 Å². The first-order chi connectivity index (χ1) is 14.6. The van der Waals surface area contributed by atoms with E-state index in [0.29, 0.717) is 10.2 Å². The number of amides is 1. The van der Waals surface area contributed by atoms with Gasteiger partial charge in [0.05, 0.1) is 22.8 Å². The molecular weight excluding hydrogens is 418 g/mol. The van der Waals surface area contributed by atoms with Gasteiger partial charge in [-0.1, -0.05) is 41.6 Å². The molecule has 1 amide bonds. The lowest BCUT2D eigenvalue weighted by atomic mass is 10.1. The zero-order valence-corrected chi connectivity index (χ0v) is 18.4. The summed E-state index contributed by atoms with van der Waals surface area (Å²) in [5.74, 6) is 0.174. The van der Waals surface area contributed by atoms with Crippen LogP contribution in [0.4, 0.5) is 11.4 Å². The van der Waals surface area contributed by atoms with Gasteiger partial charge in [0.25, 0.3) is 0 Å². The van der Waals surface area contributed by atoms with E-state index < -0.39 is 0 Å². The van der Waals surface area contributed by atoms with Crippen LogP contribution in [0.3, 0.4) is 0 Å². The molecule has 1 aliphatic rings. The van der Waals surface area contributed by atoms with Gasteiger partial charge in [0.1, 0.15) is 6.33 Å². The highest BCUT2D eigenvalue weighted by Gasteiger charge is 2.16. The van der Waals surface area contributed by atoms with E-state index in [2.05, 4.69) is 26.5 Å². The first-order valence-corrected chi connectivity index (χ1v) is 11.4. The number of aromatic nitrogens is 3. The van der Waals surface area contributed by atoms with Gasteiger partial charge >= 0.3 is 0 Å². The number of anilines is 2. The van der Waals surface area contributed by atoms with Gasteiger partial charge < -0.3 is 10.2 Å². The highest BCUT2D eigenvalue weighted by molar-refractivity contribution is 7.99. The standard InChI is InChI=1S/C22H24ClN5OS/c1-16-9-10-17(13-18(16)23)28-15-24-26-22(28)30-14-21(29)25-19-7-3-4-8-20(19)27-11-5-2-6-12-27/h3-4,7-10,13,15H,2,5-6,11-12,14H2,1H3,(H,25,29). The quantitative estimate of drug-likeness (QED) is 0.548. The molecule has 1 aromatic heterocycles. The maximum atomic E-state index is 12.7. The summed E-state index contributed by atoms with van der Waals surface area (Å²) in [6, 6.07) is 13.8. The summed E-state index contributed by atoms with van der Waals surface area (Å²) in [4.78, 5) is 15.0. The fourth-order valence-electron chi connectivity index (χ4n) is 3.54. The Morgan fingerprint density at radius 3 is 2.77 bits per heavy atom. The summed E-state index contributed by atoms with van der Waals surface area (Å²) in [6.07, 6.45) is 5.29. The second kappa shape index (κ2) is 9.53. The topological polar surface area (TPSA) is 63.1 Å². The van der Waals surface area contributed by atoms with Crippen molar-refractivity contribution in [1.82, 2.24) is 14.8 Å². The Kier molecular flexibility index (Phi) is 6.59. The minimum Gasteiger partial charge on any atom is -0.370 e. The Morgan fingerprint density at radius 2 is 1.97 bits per heavy atom. The molecule has 0 aliphatic carbocycles. The number of halogens is 1. The molecule has 0 unspecified atom stereocenters. The fourth-order valence-corrected chi connectivity index (χ4v) is 4.44. The van der Waals surface area contributed by atoms with Crippen LogP contribution >= 0.6 is 23.4 Å². The van der Waals surface area contributed by atoms with Gasteiger partial charge in [-0.2, -0.15) is 0 Å². The monoisotopic (exact) mass is 441 g/mol. The van der Waals surface area contributed by atoms with E-state index >= 15 is 0 Å². The molecule has 4 rings (SSSR count). The molecule has 0 radical (unpaired) electrons.